The van der Waals surface area contributed by atoms with Gasteiger partial charge in [-0.25, -0.2) is 14.4 Å². The molecule has 0 bridgehead atoms. The summed E-state index contributed by atoms with van der Waals surface area (Å²) in [6, 6.07) is 13.2. The summed E-state index contributed by atoms with van der Waals surface area (Å²) >= 11 is 12.2. The number of benzene rings is 2. The normalized spacial score (nSPS) is 16.3. The monoisotopic (exact) mass is 426 g/mol. The van der Waals surface area contributed by atoms with E-state index >= 15 is 0 Å². The standard InChI is InChI=1S/C22H17Cl2FN4/c1-12-2-4-13(5-3-12)21-20-14(18-16(27-20)7-6-15(23)19(18)25)9-11-29(21)22-26-10-8-17(24)28-22/h2-8,10,21,27H,9,11H2,1H3. The Bertz CT molecular complexity index is 1220. The van der Waals surface area contributed by atoms with Gasteiger partial charge in [-0.1, -0.05) is 53.0 Å². The molecule has 0 saturated carbocycles. The van der Waals surface area contributed by atoms with Crippen LogP contribution in [0.25, 0.3) is 10.9 Å². The van der Waals surface area contributed by atoms with Crippen molar-refractivity contribution in [2.24, 2.45) is 0 Å². The summed E-state index contributed by atoms with van der Waals surface area (Å²) in [6.45, 7) is 2.68. The van der Waals surface area contributed by atoms with Gasteiger partial charge in [-0.2, -0.15) is 0 Å². The van der Waals surface area contributed by atoms with Gasteiger partial charge in [0.05, 0.1) is 11.1 Å². The van der Waals surface area contributed by atoms with Gasteiger partial charge < -0.3 is 9.88 Å². The molecule has 4 aromatic rings. The molecule has 0 amide bonds. The number of nitrogens with zero attached hydrogens (tertiary/aromatic N) is 3. The first-order valence-corrected chi connectivity index (χ1v) is 10.1. The first kappa shape index (κ1) is 18.4. The lowest BCUT2D eigenvalue weighted by Crippen LogP contribution is -2.37. The van der Waals surface area contributed by atoms with E-state index in [9.17, 15) is 4.39 Å². The highest BCUT2D eigenvalue weighted by Crippen LogP contribution is 2.41. The summed E-state index contributed by atoms with van der Waals surface area (Å²) in [7, 11) is 0. The van der Waals surface area contributed by atoms with E-state index in [1.54, 1.807) is 18.3 Å². The van der Waals surface area contributed by atoms with Crippen molar-refractivity contribution in [1.29, 1.82) is 0 Å². The predicted octanol–water partition coefficient (Wildman–Crippen LogP) is 5.86. The average Bonchev–Trinajstić information content (AvgIpc) is 3.10. The van der Waals surface area contributed by atoms with E-state index in [4.69, 9.17) is 23.2 Å². The summed E-state index contributed by atoms with van der Waals surface area (Å²) < 4.78 is 14.9. The van der Waals surface area contributed by atoms with Crippen molar-refractivity contribution in [1.82, 2.24) is 15.0 Å². The highest BCUT2D eigenvalue weighted by atomic mass is 35.5. The number of aromatic amines is 1. The van der Waals surface area contributed by atoms with Crippen molar-refractivity contribution in [3.05, 3.63) is 87.0 Å². The fraction of sp³-hybridized carbons (Fsp3) is 0.182. The Kier molecular flexibility index (Phi) is 4.45. The third-order valence-corrected chi connectivity index (χ3v) is 5.94. The van der Waals surface area contributed by atoms with Crippen molar-refractivity contribution in [2.45, 2.75) is 19.4 Å². The molecule has 2 aromatic heterocycles. The Hall–Kier alpha value is -2.63. The predicted molar refractivity (Wildman–Crippen MR) is 114 cm³/mol. The summed E-state index contributed by atoms with van der Waals surface area (Å²) in [5, 5.41) is 1.08. The number of rotatable bonds is 2. The van der Waals surface area contributed by atoms with Crippen LogP contribution in [0.3, 0.4) is 0 Å². The summed E-state index contributed by atoms with van der Waals surface area (Å²) in [6.07, 6.45) is 2.29. The molecular formula is C22H17Cl2FN4. The van der Waals surface area contributed by atoms with Gasteiger partial charge in [0.25, 0.3) is 0 Å². The lowest BCUT2D eigenvalue weighted by molar-refractivity contribution is 0.619. The number of aromatic nitrogens is 3. The second-order valence-corrected chi connectivity index (χ2v) is 8.03. The third-order valence-electron chi connectivity index (χ3n) is 5.44. The van der Waals surface area contributed by atoms with E-state index < -0.39 is 0 Å². The first-order chi connectivity index (χ1) is 14.0. The largest absolute Gasteiger partial charge is 0.356 e. The SMILES string of the molecule is Cc1ccc(C2c3[nH]c4ccc(Cl)c(F)c4c3CCN2c2nccc(Cl)n2)cc1. The molecule has 3 heterocycles. The fourth-order valence-electron chi connectivity index (χ4n) is 4.09. The molecule has 1 N–H and O–H groups in total. The number of H-pyrrole nitrogens is 1. The van der Waals surface area contributed by atoms with Crippen molar-refractivity contribution in [3.63, 3.8) is 0 Å². The molecule has 146 valence electrons. The minimum absolute atomic E-state index is 0.131. The molecule has 1 atom stereocenters. The van der Waals surface area contributed by atoms with Gasteiger partial charge >= 0.3 is 0 Å². The second kappa shape index (κ2) is 7.01. The molecule has 0 fully saturated rings. The van der Waals surface area contributed by atoms with Crippen LogP contribution < -0.4 is 4.90 Å². The molecule has 29 heavy (non-hydrogen) atoms. The zero-order valence-electron chi connectivity index (χ0n) is 15.6. The summed E-state index contributed by atoms with van der Waals surface area (Å²) in [5.74, 6) is 0.169. The lowest BCUT2D eigenvalue weighted by Gasteiger charge is -2.36. The molecule has 1 aliphatic heterocycles. The van der Waals surface area contributed by atoms with Crippen molar-refractivity contribution < 1.29 is 4.39 Å². The van der Waals surface area contributed by atoms with E-state index in [0.717, 1.165) is 22.3 Å². The first-order valence-electron chi connectivity index (χ1n) is 9.33. The number of aryl methyl sites for hydroxylation is 1. The van der Waals surface area contributed by atoms with E-state index in [1.165, 1.54) is 5.56 Å². The molecule has 4 nitrogen and oxygen atoms in total. The lowest BCUT2D eigenvalue weighted by atomic mass is 9.92. The molecule has 1 aliphatic rings. The van der Waals surface area contributed by atoms with Crippen LogP contribution in [-0.2, 0) is 6.42 Å². The Morgan fingerprint density at radius 2 is 1.90 bits per heavy atom. The van der Waals surface area contributed by atoms with Gasteiger partial charge in [0.1, 0.15) is 5.15 Å². The third kappa shape index (κ3) is 3.05. The van der Waals surface area contributed by atoms with Crippen LogP contribution in [0.2, 0.25) is 10.2 Å². The van der Waals surface area contributed by atoms with Crippen LogP contribution in [0.4, 0.5) is 10.3 Å². The van der Waals surface area contributed by atoms with Gasteiger partial charge in [-0.3, -0.25) is 0 Å². The van der Waals surface area contributed by atoms with Gasteiger partial charge in [-0.05, 0) is 42.7 Å². The van der Waals surface area contributed by atoms with Crippen LogP contribution in [0.5, 0.6) is 0 Å². The van der Waals surface area contributed by atoms with Crippen LogP contribution >= 0.6 is 23.2 Å². The molecule has 2 aromatic carbocycles. The molecule has 0 spiro atoms. The number of anilines is 1. The van der Waals surface area contributed by atoms with Crippen LogP contribution in [0.1, 0.15) is 28.4 Å². The summed E-state index contributed by atoms with van der Waals surface area (Å²) in [4.78, 5) is 14.4. The van der Waals surface area contributed by atoms with Crippen LogP contribution in [0.15, 0.2) is 48.7 Å². The van der Waals surface area contributed by atoms with Crippen LogP contribution in [0, 0.1) is 12.7 Å². The Morgan fingerprint density at radius 3 is 2.66 bits per heavy atom. The number of nitrogens with one attached hydrogen (secondary N) is 1. The number of hydrogen-bond donors (Lipinski definition) is 1. The molecule has 0 saturated heterocycles. The number of fused-ring (bicyclic) bond motifs is 3. The minimum atomic E-state index is -0.378. The molecular weight excluding hydrogens is 410 g/mol. The van der Waals surface area contributed by atoms with E-state index in [0.29, 0.717) is 29.5 Å². The Labute approximate surface area is 177 Å². The average molecular weight is 427 g/mol. The molecule has 1 unspecified atom stereocenters. The smallest absolute Gasteiger partial charge is 0.227 e. The molecule has 0 radical (unpaired) electrons. The number of hydrogen-bond acceptors (Lipinski definition) is 3. The maximum atomic E-state index is 14.9. The molecule has 7 heteroatoms. The highest BCUT2D eigenvalue weighted by molar-refractivity contribution is 6.31. The van der Waals surface area contributed by atoms with Gasteiger partial charge in [0, 0.05) is 29.3 Å². The molecule has 5 rings (SSSR count). The van der Waals surface area contributed by atoms with E-state index in [1.807, 2.05) is 13.0 Å². The fourth-order valence-corrected chi connectivity index (χ4v) is 4.38. The Balaban J connectivity index is 1.74. The maximum absolute atomic E-state index is 14.9. The van der Waals surface area contributed by atoms with Crippen LogP contribution in [-0.4, -0.2) is 21.5 Å². The summed E-state index contributed by atoms with van der Waals surface area (Å²) in [5.41, 5.74) is 4.86. The second-order valence-electron chi connectivity index (χ2n) is 7.24. The number of halogens is 3. The van der Waals surface area contributed by atoms with Crippen molar-refractivity contribution >= 4 is 40.1 Å². The van der Waals surface area contributed by atoms with Crippen molar-refractivity contribution in [3.8, 4) is 0 Å². The van der Waals surface area contributed by atoms with E-state index in [2.05, 4.69) is 44.1 Å². The van der Waals surface area contributed by atoms with Gasteiger partial charge in [-0.15, -0.1) is 0 Å². The Morgan fingerprint density at radius 1 is 1.10 bits per heavy atom. The zero-order valence-corrected chi connectivity index (χ0v) is 17.1. The van der Waals surface area contributed by atoms with Gasteiger partial charge in [0.2, 0.25) is 5.95 Å². The molecule has 0 aliphatic carbocycles. The van der Waals surface area contributed by atoms with Crippen molar-refractivity contribution in [2.75, 3.05) is 11.4 Å². The minimum Gasteiger partial charge on any atom is -0.356 e. The van der Waals surface area contributed by atoms with Gasteiger partial charge in [0.15, 0.2) is 5.82 Å². The van der Waals surface area contributed by atoms with E-state index in [-0.39, 0.29) is 16.9 Å². The maximum Gasteiger partial charge on any atom is 0.227 e. The highest BCUT2D eigenvalue weighted by Gasteiger charge is 2.34. The zero-order chi connectivity index (χ0) is 20.1. The quantitative estimate of drug-likeness (QED) is 0.408. The topological polar surface area (TPSA) is 44.8 Å².